The van der Waals surface area contributed by atoms with Gasteiger partial charge in [-0.05, 0) is 26.4 Å². The Bertz CT molecular complexity index is 406. The molecule has 1 fully saturated rings. The lowest BCUT2D eigenvalue weighted by molar-refractivity contribution is 0.0766. The largest absolute Gasteiger partial charge is 0.375 e. The van der Waals surface area contributed by atoms with Crippen LogP contribution in [0.25, 0.3) is 0 Å². The van der Waals surface area contributed by atoms with Gasteiger partial charge in [-0.25, -0.2) is 4.98 Å². The maximum absolute atomic E-state index is 12.1. The molecule has 1 aliphatic heterocycles. The van der Waals surface area contributed by atoms with Crippen LogP contribution in [0.3, 0.4) is 0 Å². The van der Waals surface area contributed by atoms with Crippen molar-refractivity contribution < 1.29 is 4.79 Å². The van der Waals surface area contributed by atoms with Crippen molar-refractivity contribution in [1.29, 1.82) is 0 Å². The number of nitrogens with two attached hydrogens (primary N) is 1. The molecule has 0 unspecified atom stereocenters. The zero-order valence-electron chi connectivity index (χ0n) is 10.2. The van der Waals surface area contributed by atoms with Crippen LogP contribution < -0.4 is 5.73 Å². The van der Waals surface area contributed by atoms with E-state index in [0.717, 1.165) is 13.1 Å². The Balaban J connectivity index is 1.95. The van der Waals surface area contributed by atoms with Gasteiger partial charge in [-0.15, -0.1) is 0 Å². The van der Waals surface area contributed by atoms with Crippen molar-refractivity contribution in [2.45, 2.75) is 18.9 Å². The molecule has 0 spiro atoms. The maximum Gasteiger partial charge on any atom is 0.265 e. The molecule has 0 aromatic carbocycles. The van der Waals surface area contributed by atoms with E-state index in [9.17, 15) is 4.79 Å². The van der Waals surface area contributed by atoms with Crippen LogP contribution in [0.1, 0.15) is 22.5 Å². The molecular formula is C11H18N4OS. The highest BCUT2D eigenvalue weighted by Crippen LogP contribution is 2.19. The molecule has 2 rings (SSSR count). The van der Waals surface area contributed by atoms with Gasteiger partial charge in [-0.2, -0.15) is 0 Å². The van der Waals surface area contributed by atoms with Crippen molar-refractivity contribution in [3.8, 4) is 0 Å². The molecule has 1 amide bonds. The molecule has 1 atom stereocenters. The molecule has 5 nitrogen and oxygen atoms in total. The minimum atomic E-state index is 0.0134. The van der Waals surface area contributed by atoms with Gasteiger partial charge in [-0.3, -0.25) is 4.79 Å². The number of anilines is 1. The highest BCUT2D eigenvalue weighted by molar-refractivity contribution is 7.17. The summed E-state index contributed by atoms with van der Waals surface area (Å²) < 4.78 is 0. The van der Waals surface area contributed by atoms with E-state index in [1.807, 2.05) is 7.05 Å². The third-order valence-corrected chi connectivity index (χ3v) is 4.05. The molecule has 0 bridgehead atoms. The zero-order chi connectivity index (χ0) is 12.4. The number of nitrogen functional groups attached to an aromatic ring is 1. The molecular weight excluding hydrogens is 236 g/mol. The molecule has 1 aliphatic rings. The van der Waals surface area contributed by atoms with Gasteiger partial charge < -0.3 is 15.5 Å². The third kappa shape index (κ3) is 2.76. The summed E-state index contributed by atoms with van der Waals surface area (Å²) in [4.78, 5) is 20.7. The lowest BCUT2D eigenvalue weighted by Crippen LogP contribution is -2.39. The number of rotatable bonds is 3. The predicted molar refractivity (Wildman–Crippen MR) is 69.1 cm³/mol. The van der Waals surface area contributed by atoms with E-state index in [4.69, 9.17) is 5.73 Å². The van der Waals surface area contributed by atoms with Gasteiger partial charge in [0.25, 0.3) is 5.91 Å². The Morgan fingerprint density at radius 1 is 1.76 bits per heavy atom. The number of carbonyl (C=O) groups excluding carboxylic acids is 1. The van der Waals surface area contributed by atoms with E-state index < -0.39 is 0 Å². The van der Waals surface area contributed by atoms with Crippen LogP contribution in [0.5, 0.6) is 0 Å². The average Bonchev–Trinajstić information content (AvgIpc) is 2.88. The number of carbonyl (C=O) groups is 1. The average molecular weight is 254 g/mol. The van der Waals surface area contributed by atoms with Gasteiger partial charge in [-0.1, -0.05) is 11.3 Å². The second kappa shape index (κ2) is 5.01. The standard InChI is InChI=1S/C11H18N4OS/c1-14-5-3-4-8(14)7-15(2)10(16)9-6-13-11(12)17-9/h6,8H,3-5,7H2,1-2H3,(H2,12,13)/t8-/m1/s1. The first-order valence-corrected chi connectivity index (χ1v) is 6.56. The molecule has 1 saturated heterocycles. The molecule has 0 saturated carbocycles. The first kappa shape index (κ1) is 12.3. The Hall–Kier alpha value is -1.14. The number of nitrogens with zero attached hydrogens (tertiary/aromatic N) is 3. The van der Waals surface area contributed by atoms with Gasteiger partial charge >= 0.3 is 0 Å². The van der Waals surface area contributed by atoms with Crippen molar-refractivity contribution in [2.24, 2.45) is 0 Å². The minimum Gasteiger partial charge on any atom is -0.375 e. The maximum atomic E-state index is 12.1. The van der Waals surface area contributed by atoms with Crippen LogP contribution in [0.15, 0.2) is 6.20 Å². The Kier molecular flexibility index (Phi) is 3.63. The van der Waals surface area contributed by atoms with E-state index in [0.29, 0.717) is 16.1 Å². The predicted octanol–water partition coefficient (Wildman–Crippen LogP) is 0.891. The molecule has 2 N–H and O–H groups in total. The lowest BCUT2D eigenvalue weighted by atomic mass is 10.2. The Labute approximate surface area is 105 Å². The summed E-state index contributed by atoms with van der Waals surface area (Å²) in [6.45, 7) is 1.90. The Morgan fingerprint density at radius 2 is 2.53 bits per heavy atom. The summed E-state index contributed by atoms with van der Waals surface area (Å²) in [7, 11) is 3.95. The van der Waals surface area contributed by atoms with Crippen LogP contribution in [0.4, 0.5) is 5.13 Å². The second-order valence-electron chi connectivity index (χ2n) is 4.53. The molecule has 6 heteroatoms. The number of amides is 1. The first-order valence-electron chi connectivity index (χ1n) is 5.75. The summed E-state index contributed by atoms with van der Waals surface area (Å²) in [6.07, 6.45) is 3.94. The number of hydrogen-bond acceptors (Lipinski definition) is 5. The van der Waals surface area contributed by atoms with Crippen molar-refractivity contribution in [3.05, 3.63) is 11.1 Å². The second-order valence-corrected chi connectivity index (χ2v) is 5.59. The quantitative estimate of drug-likeness (QED) is 0.870. The van der Waals surface area contributed by atoms with E-state index in [-0.39, 0.29) is 5.91 Å². The SMILES string of the molecule is CN(C[C@H]1CCCN1C)C(=O)c1cnc(N)s1. The fraction of sp³-hybridized carbons (Fsp3) is 0.636. The minimum absolute atomic E-state index is 0.0134. The van der Waals surface area contributed by atoms with E-state index >= 15 is 0 Å². The summed E-state index contributed by atoms with van der Waals surface area (Å²) >= 11 is 1.24. The fourth-order valence-corrected chi connectivity index (χ4v) is 2.86. The molecule has 1 aromatic rings. The highest BCUT2D eigenvalue weighted by Gasteiger charge is 2.24. The number of thiazole rings is 1. The fourth-order valence-electron chi connectivity index (χ4n) is 2.18. The molecule has 1 aromatic heterocycles. The number of aromatic nitrogens is 1. The van der Waals surface area contributed by atoms with Gasteiger partial charge in [0.1, 0.15) is 4.88 Å². The molecule has 17 heavy (non-hydrogen) atoms. The van der Waals surface area contributed by atoms with Crippen molar-refractivity contribution >= 4 is 22.4 Å². The monoisotopic (exact) mass is 254 g/mol. The summed E-state index contributed by atoms with van der Waals surface area (Å²) in [5.74, 6) is 0.0134. The van der Waals surface area contributed by atoms with Gasteiger partial charge in [0.05, 0.1) is 6.20 Å². The zero-order valence-corrected chi connectivity index (χ0v) is 11.0. The van der Waals surface area contributed by atoms with Crippen LogP contribution in [0, 0.1) is 0 Å². The van der Waals surface area contributed by atoms with E-state index in [1.54, 1.807) is 11.1 Å². The molecule has 0 aliphatic carbocycles. The first-order chi connectivity index (χ1) is 8.08. The van der Waals surface area contributed by atoms with Crippen LogP contribution in [-0.2, 0) is 0 Å². The Morgan fingerprint density at radius 3 is 3.06 bits per heavy atom. The molecule has 94 valence electrons. The van der Waals surface area contributed by atoms with Crippen molar-refractivity contribution in [3.63, 3.8) is 0 Å². The molecule has 2 heterocycles. The van der Waals surface area contributed by atoms with Gasteiger partial charge in [0.15, 0.2) is 5.13 Å². The number of hydrogen-bond donors (Lipinski definition) is 1. The summed E-state index contributed by atoms with van der Waals surface area (Å²) in [6, 6.07) is 0.481. The van der Waals surface area contributed by atoms with E-state index in [2.05, 4.69) is 16.9 Å². The number of likely N-dealkylation sites (N-methyl/N-ethyl adjacent to an activating group) is 2. The van der Waals surface area contributed by atoms with Gasteiger partial charge in [0, 0.05) is 19.6 Å². The topological polar surface area (TPSA) is 62.5 Å². The normalized spacial score (nSPS) is 20.7. The van der Waals surface area contributed by atoms with Crippen molar-refractivity contribution in [1.82, 2.24) is 14.8 Å². The lowest BCUT2D eigenvalue weighted by Gasteiger charge is -2.25. The summed E-state index contributed by atoms with van der Waals surface area (Å²) in [5, 5.41) is 0.444. The van der Waals surface area contributed by atoms with Crippen LogP contribution in [-0.4, -0.2) is 53.9 Å². The van der Waals surface area contributed by atoms with Crippen LogP contribution >= 0.6 is 11.3 Å². The smallest absolute Gasteiger partial charge is 0.265 e. The van der Waals surface area contributed by atoms with Crippen molar-refractivity contribution in [2.75, 3.05) is 32.9 Å². The third-order valence-electron chi connectivity index (χ3n) is 3.24. The van der Waals surface area contributed by atoms with Crippen LogP contribution in [0.2, 0.25) is 0 Å². The summed E-state index contributed by atoms with van der Waals surface area (Å²) in [5.41, 5.74) is 5.53. The van der Waals surface area contributed by atoms with E-state index in [1.165, 1.54) is 24.2 Å². The molecule has 0 radical (unpaired) electrons. The highest BCUT2D eigenvalue weighted by atomic mass is 32.1. The van der Waals surface area contributed by atoms with Gasteiger partial charge in [0.2, 0.25) is 0 Å². The number of likely N-dealkylation sites (tertiary alicyclic amines) is 1.